The van der Waals surface area contributed by atoms with Gasteiger partial charge in [-0.3, -0.25) is 0 Å². The fraction of sp³-hybridized carbons (Fsp3) is 0.203. The normalized spacial score (nSPS) is 18.0. The standard InChI is InChI=1S/C59H50N4/c1-58(2)31-32-59(3,4)51-36-52-49(35-50(51)58)53-47-23-12-10-21-45(47)46-22-11-13-24-48(46)54(53)63(52)44-20-14-19-43(34-44)57-61-55(39-16-6-5-7-17-39)60-56(62-57)40-28-25-38(26-29-40)42-30-27-37-15-8-9-18-41(37)33-42/h5-6,8-16,18-28,30,33-36,40H,7,17,29,31-32H2,1-4H3. The van der Waals surface area contributed by atoms with Gasteiger partial charge in [0.25, 0.3) is 0 Å². The van der Waals surface area contributed by atoms with Crippen molar-refractivity contribution in [2.45, 2.75) is 76.5 Å². The van der Waals surface area contributed by atoms with Crippen LogP contribution >= 0.6 is 0 Å². The molecule has 0 aliphatic heterocycles. The minimum Gasteiger partial charge on any atom is -0.309 e. The molecule has 0 spiro atoms. The van der Waals surface area contributed by atoms with Crippen molar-refractivity contribution >= 4 is 65.3 Å². The number of hydrogen-bond donors (Lipinski definition) is 0. The molecule has 1 atom stereocenters. The zero-order valence-electron chi connectivity index (χ0n) is 36.5. The summed E-state index contributed by atoms with van der Waals surface area (Å²) in [6, 6.07) is 47.3. The number of rotatable bonds is 5. The van der Waals surface area contributed by atoms with Crippen LogP contribution in [0, 0.1) is 0 Å². The molecule has 12 rings (SSSR count). The number of aromatic nitrogens is 4. The average molecular weight is 815 g/mol. The lowest BCUT2D eigenvalue weighted by Crippen LogP contribution is -2.33. The van der Waals surface area contributed by atoms with Crippen LogP contribution in [0.25, 0.3) is 82.3 Å². The first-order valence-corrected chi connectivity index (χ1v) is 22.7. The van der Waals surface area contributed by atoms with E-state index in [1.807, 2.05) is 0 Å². The lowest BCUT2D eigenvalue weighted by atomic mass is 9.63. The predicted octanol–water partition coefficient (Wildman–Crippen LogP) is 15.3. The summed E-state index contributed by atoms with van der Waals surface area (Å²) in [5.74, 6) is 2.33. The Labute approximate surface area is 369 Å². The van der Waals surface area contributed by atoms with Crippen LogP contribution in [-0.4, -0.2) is 19.5 Å². The highest BCUT2D eigenvalue weighted by atomic mass is 15.0. The van der Waals surface area contributed by atoms with Crippen LogP contribution in [0.2, 0.25) is 0 Å². The third-order valence-corrected chi connectivity index (χ3v) is 14.4. The molecule has 0 saturated carbocycles. The molecule has 0 bridgehead atoms. The van der Waals surface area contributed by atoms with E-state index in [2.05, 4.69) is 196 Å². The maximum absolute atomic E-state index is 5.33. The highest BCUT2D eigenvalue weighted by molar-refractivity contribution is 6.32. The summed E-state index contributed by atoms with van der Waals surface area (Å²) in [7, 11) is 0. The molecule has 0 saturated heterocycles. The van der Waals surface area contributed by atoms with Gasteiger partial charge in [0.2, 0.25) is 0 Å². The second kappa shape index (κ2) is 14.3. The molecule has 1 unspecified atom stereocenters. The minimum atomic E-state index is 0.0355. The molecule has 2 heterocycles. The molecule has 3 aliphatic rings. The SMILES string of the molecule is CC1(C)CCC(C)(C)c2cc3c(cc21)c1c2ccccc2c2ccccc2c1n3-c1cccc(-c2nc(C3=CC=CCC3)nc(C3C=CC(c4ccc5ccccc5c4)=CC3)n2)c1. The molecule has 4 nitrogen and oxygen atoms in total. The van der Waals surface area contributed by atoms with Crippen LogP contribution in [0.5, 0.6) is 0 Å². The van der Waals surface area contributed by atoms with Crippen molar-refractivity contribution in [3.63, 3.8) is 0 Å². The zero-order valence-corrected chi connectivity index (χ0v) is 36.5. The van der Waals surface area contributed by atoms with Crippen molar-refractivity contribution in [2.75, 3.05) is 0 Å². The molecule has 9 aromatic rings. The van der Waals surface area contributed by atoms with Crippen LogP contribution in [-0.2, 0) is 10.8 Å². The molecule has 3 aliphatic carbocycles. The van der Waals surface area contributed by atoms with Crippen molar-refractivity contribution in [2.24, 2.45) is 0 Å². The van der Waals surface area contributed by atoms with Crippen LogP contribution in [0.3, 0.4) is 0 Å². The maximum Gasteiger partial charge on any atom is 0.163 e. The fourth-order valence-corrected chi connectivity index (χ4v) is 10.8. The summed E-state index contributed by atoms with van der Waals surface area (Å²) >= 11 is 0. The quantitative estimate of drug-likeness (QED) is 0.163. The first-order valence-electron chi connectivity index (χ1n) is 22.7. The monoisotopic (exact) mass is 814 g/mol. The van der Waals surface area contributed by atoms with Gasteiger partial charge in [-0.25, -0.2) is 15.0 Å². The van der Waals surface area contributed by atoms with Gasteiger partial charge in [-0.1, -0.05) is 161 Å². The van der Waals surface area contributed by atoms with Crippen molar-refractivity contribution < 1.29 is 0 Å². The maximum atomic E-state index is 5.33. The molecule has 4 heteroatoms. The molecule has 0 fully saturated rings. The average Bonchev–Trinajstić information content (AvgIpc) is 3.68. The molecule has 2 aromatic heterocycles. The first-order chi connectivity index (χ1) is 30.7. The number of fused-ring (bicyclic) bond motifs is 10. The molecule has 0 radical (unpaired) electrons. The Hall–Kier alpha value is -6.91. The Morgan fingerprint density at radius 2 is 1.32 bits per heavy atom. The van der Waals surface area contributed by atoms with Crippen LogP contribution in [0.4, 0.5) is 0 Å². The third-order valence-electron chi connectivity index (χ3n) is 14.4. The lowest BCUT2D eigenvalue weighted by molar-refractivity contribution is 0.332. The number of allylic oxidation sites excluding steroid dienone is 8. The van der Waals surface area contributed by atoms with E-state index in [1.165, 1.54) is 82.8 Å². The van der Waals surface area contributed by atoms with E-state index in [9.17, 15) is 0 Å². The van der Waals surface area contributed by atoms with Gasteiger partial charge in [0.15, 0.2) is 11.6 Å². The van der Waals surface area contributed by atoms with Gasteiger partial charge in [0, 0.05) is 33.3 Å². The number of benzene rings is 7. The van der Waals surface area contributed by atoms with Gasteiger partial charge in [0.05, 0.1) is 11.0 Å². The van der Waals surface area contributed by atoms with Crippen LogP contribution in [0.15, 0.2) is 164 Å². The molecule has 7 aromatic carbocycles. The molecular weight excluding hydrogens is 765 g/mol. The number of hydrogen-bond acceptors (Lipinski definition) is 3. The fourth-order valence-electron chi connectivity index (χ4n) is 10.8. The van der Waals surface area contributed by atoms with Gasteiger partial charge >= 0.3 is 0 Å². The van der Waals surface area contributed by atoms with Crippen molar-refractivity contribution in [1.82, 2.24) is 19.5 Å². The van der Waals surface area contributed by atoms with Gasteiger partial charge in [-0.05, 0) is 128 Å². The summed E-state index contributed by atoms with van der Waals surface area (Å²) in [5, 5.41) is 10.2. The van der Waals surface area contributed by atoms with E-state index < -0.39 is 0 Å². The van der Waals surface area contributed by atoms with Crippen LogP contribution < -0.4 is 0 Å². The summed E-state index contributed by atoms with van der Waals surface area (Å²) in [6.07, 6.45) is 18.5. The van der Waals surface area contributed by atoms with Crippen molar-refractivity contribution in [3.05, 3.63) is 192 Å². The molecule has 0 amide bonds. The molecule has 306 valence electrons. The summed E-state index contributed by atoms with van der Waals surface area (Å²) < 4.78 is 2.54. The van der Waals surface area contributed by atoms with Gasteiger partial charge in [-0.2, -0.15) is 0 Å². The second-order valence-electron chi connectivity index (χ2n) is 19.3. The molecular formula is C59H50N4. The van der Waals surface area contributed by atoms with E-state index in [0.29, 0.717) is 5.82 Å². The predicted molar refractivity (Wildman–Crippen MR) is 265 cm³/mol. The second-order valence-corrected chi connectivity index (χ2v) is 19.3. The Kier molecular flexibility index (Phi) is 8.60. The Morgan fingerprint density at radius 3 is 2.08 bits per heavy atom. The zero-order chi connectivity index (χ0) is 42.5. The van der Waals surface area contributed by atoms with Gasteiger partial charge in [0.1, 0.15) is 5.82 Å². The molecule has 63 heavy (non-hydrogen) atoms. The Balaban J connectivity index is 1.04. The lowest BCUT2D eigenvalue weighted by Gasteiger charge is -2.42. The van der Waals surface area contributed by atoms with Crippen LogP contribution in [0.1, 0.15) is 94.1 Å². The van der Waals surface area contributed by atoms with Gasteiger partial charge in [-0.15, -0.1) is 0 Å². The van der Waals surface area contributed by atoms with E-state index in [1.54, 1.807) is 0 Å². The van der Waals surface area contributed by atoms with E-state index in [0.717, 1.165) is 54.2 Å². The van der Waals surface area contributed by atoms with Crippen molar-refractivity contribution in [1.29, 1.82) is 0 Å². The summed E-state index contributed by atoms with van der Waals surface area (Å²) in [6.45, 7) is 9.73. The first kappa shape index (κ1) is 37.8. The van der Waals surface area contributed by atoms with Gasteiger partial charge < -0.3 is 4.57 Å². The highest BCUT2D eigenvalue weighted by Gasteiger charge is 2.38. The molecule has 0 N–H and O–H groups in total. The Morgan fingerprint density at radius 1 is 0.603 bits per heavy atom. The van der Waals surface area contributed by atoms with Crippen molar-refractivity contribution in [3.8, 4) is 17.1 Å². The number of nitrogens with zero attached hydrogens (tertiary/aromatic N) is 4. The topological polar surface area (TPSA) is 43.6 Å². The summed E-state index contributed by atoms with van der Waals surface area (Å²) in [5.41, 5.74) is 11.3. The largest absolute Gasteiger partial charge is 0.309 e. The third kappa shape index (κ3) is 6.21. The smallest absolute Gasteiger partial charge is 0.163 e. The summed E-state index contributed by atoms with van der Waals surface area (Å²) in [4.78, 5) is 15.8. The van der Waals surface area contributed by atoms with E-state index >= 15 is 0 Å². The van der Waals surface area contributed by atoms with E-state index in [4.69, 9.17) is 15.0 Å². The Bertz CT molecular complexity index is 3500. The van der Waals surface area contributed by atoms with E-state index in [-0.39, 0.29) is 16.7 Å². The minimum absolute atomic E-state index is 0.0355. The highest BCUT2D eigenvalue weighted by Crippen LogP contribution is 2.50.